The summed E-state index contributed by atoms with van der Waals surface area (Å²) in [6.45, 7) is 1.07. The molecule has 1 saturated heterocycles. The molecule has 8 heteroatoms. The van der Waals surface area contributed by atoms with Crippen LogP contribution in [0.15, 0.2) is 42.5 Å². The zero-order valence-corrected chi connectivity index (χ0v) is 17.0. The molecule has 0 unspecified atom stereocenters. The van der Waals surface area contributed by atoms with Crippen molar-refractivity contribution in [1.82, 2.24) is 10.3 Å². The molecule has 0 spiro atoms. The first-order valence-corrected chi connectivity index (χ1v) is 10.7. The number of amides is 1. The molecule has 2 aromatic rings. The molecule has 164 valence electrons. The lowest BCUT2D eigenvalue weighted by Crippen LogP contribution is -2.35. The smallest absolute Gasteiger partial charge is 0.433 e. The predicted molar refractivity (Wildman–Crippen MR) is 109 cm³/mol. The number of pyridine rings is 1. The molecule has 1 aliphatic heterocycles. The molecule has 1 aromatic heterocycles. The van der Waals surface area contributed by atoms with Crippen LogP contribution in [0.2, 0.25) is 0 Å². The highest BCUT2D eigenvalue weighted by Gasteiger charge is 2.47. The first-order chi connectivity index (χ1) is 14.8. The lowest BCUT2D eigenvalue weighted by molar-refractivity contribution is -0.141. The van der Waals surface area contributed by atoms with Crippen molar-refractivity contribution < 1.29 is 22.7 Å². The Morgan fingerprint density at radius 3 is 2.48 bits per heavy atom. The van der Waals surface area contributed by atoms with E-state index in [2.05, 4.69) is 10.3 Å². The van der Waals surface area contributed by atoms with E-state index < -0.39 is 11.9 Å². The second-order valence-corrected chi connectivity index (χ2v) is 8.72. The lowest BCUT2D eigenvalue weighted by Gasteiger charge is -2.20. The number of alkyl halides is 3. The molecule has 2 aliphatic carbocycles. The summed E-state index contributed by atoms with van der Waals surface area (Å²) < 4.78 is 44.8. The molecule has 1 aromatic carbocycles. The van der Waals surface area contributed by atoms with Crippen molar-refractivity contribution in [3.63, 3.8) is 0 Å². The predicted octanol–water partition coefficient (Wildman–Crippen LogP) is 4.27. The second kappa shape index (κ2) is 7.43. The molecule has 1 N–H and O–H groups in total. The number of rotatable bonds is 6. The Balaban J connectivity index is 1.19. The number of hydrogen-bond acceptors (Lipinski definition) is 4. The van der Waals surface area contributed by atoms with Gasteiger partial charge in [-0.3, -0.25) is 4.79 Å². The van der Waals surface area contributed by atoms with E-state index in [1.807, 2.05) is 29.2 Å². The van der Waals surface area contributed by atoms with Crippen molar-refractivity contribution in [2.75, 3.05) is 18.0 Å². The number of ether oxygens (including phenoxy) is 1. The Morgan fingerprint density at radius 2 is 1.84 bits per heavy atom. The van der Waals surface area contributed by atoms with Crippen molar-refractivity contribution in [2.24, 2.45) is 5.92 Å². The quantitative estimate of drug-likeness (QED) is 0.742. The van der Waals surface area contributed by atoms with Gasteiger partial charge in [-0.2, -0.15) is 13.2 Å². The van der Waals surface area contributed by atoms with Crippen LogP contribution in [-0.2, 0) is 16.5 Å². The number of carbonyl (C=O) groups is 1. The average molecular weight is 431 g/mol. The molecule has 0 bridgehead atoms. The van der Waals surface area contributed by atoms with Gasteiger partial charge in [0.1, 0.15) is 23.4 Å². The number of aromatic nitrogens is 1. The monoisotopic (exact) mass is 431 g/mol. The van der Waals surface area contributed by atoms with Crippen LogP contribution in [-0.4, -0.2) is 30.1 Å². The molecule has 2 heterocycles. The maximum atomic E-state index is 12.9. The van der Waals surface area contributed by atoms with Gasteiger partial charge in [0, 0.05) is 18.9 Å². The Labute approximate surface area is 178 Å². The SMILES string of the molecule is O=C(NC1(c2ccc(O[C@@H]3CCN(c4cccc(C(F)(F)F)n4)C3)cc2)CC1)C1CC1. The Morgan fingerprint density at radius 1 is 1.10 bits per heavy atom. The lowest BCUT2D eigenvalue weighted by atomic mass is 10.0. The van der Waals surface area contributed by atoms with Gasteiger partial charge in [-0.1, -0.05) is 18.2 Å². The van der Waals surface area contributed by atoms with Crippen molar-refractivity contribution in [2.45, 2.75) is 49.9 Å². The van der Waals surface area contributed by atoms with E-state index in [4.69, 9.17) is 4.74 Å². The van der Waals surface area contributed by atoms with Gasteiger partial charge in [0.2, 0.25) is 5.91 Å². The molecular weight excluding hydrogens is 407 g/mol. The Bertz CT molecular complexity index is 969. The standard InChI is InChI=1S/C23H24F3N3O2/c24-23(25,26)19-2-1-3-20(27-19)29-13-10-18(14-29)31-17-8-6-16(7-9-17)22(11-12-22)28-21(30)15-4-5-15/h1-3,6-9,15,18H,4-5,10-14H2,(H,28,30)/t18-/m1/s1. The van der Waals surface area contributed by atoms with E-state index >= 15 is 0 Å². The van der Waals surface area contributed by atoms with E-state index in [1.165, 1.54) is 6.07 Å². The second-order valence-electron chi connectivity index (χ2n) is 8.72. The minimum Gasteiger partial charge on any atom is -0.489 e. The number of anilines is 1. The van der Waals surface area contributed by atoms with Crippen LogP contribution in [0.25, 0.3) is 0 Å². The third kappa shape index (κ3) is 4.34. The topological polar surface area (TPSA) is 54.5 Å². The molecule has 5 rings (SSSR count). The first-order valence-electron chi connectivity index (χ1n) is 10.7. The van der Waals surface area contributed by atoms with E-state index in [0.29, 0.717) is 25.3 Å². The van der Waals surface area contributed by atoms with Crippen LogP contribution >= 0.6 is 0 Å². The highest BCUT2D eigenvalue weighted by atomic mass is 19.4. The van der Waals surface area contributed by atoms with E-state index in [0.717, 1.165) is 43.1 Å². The van der Waals surface area contributed by atoms with Gasteiger partial charge >= 0.3 is 6.18 Å². The molecule has 2 saturated carbocycles. The van der Waals surface area contributed by atoms with E-state index in [1.54, 1.807) is 6.07 Å². The maximum absolute atomic E-state index is 12.9. The van der Waals surface area contributed by atoms with E-state index in [9.17, 15) is 18.0 Å². The van der Waals surface area contributed by atoms with Gasteiger partial charge in [0.25, 0.3) is 0 Å². The average Bonchev–Trinajstić information content (AvgIpc) is 3.67. The van der Waals surface area contributed by atoms with Crippen LogP contribution in [0.5, 0.6) is 5.75 Å². The van der Waals surface area contributed by atoms with Gasteiger partial charge in [0.05, 0.1) is 12.1 Å². The summed E-state index contributed by atoms with van der Waals surface area (Å²) >= 11 is 0. The summed E-state index contributed by atoms with van der Waals surface area (Å²) in [5.74, 6) is 1.39. The van der Waals surface area contributed by atoms with Gasteiger partial charge in [0.15, 0.2) is 0 Å². The highest BCUT2D eigenvalue weighted by Crippen LogP contribution is 2.47. The number of carbonyl (C=O) groups excluding carboxylic acids is 1. The number of nitrogens with one attached hydrogen (secondary N) is 1. The fourth-order valence-electron chi connectivity index (χ4n) is 4.13. The first kappa shape index (κ1) is 20.2. The number of halogens is 3. The molecule has 1 atom stereocenters. The minimum absolute atomic E-state index is 0.119. The van der Waals surface area contributed by atoms with Gasteiger partial charge in [-0.25, -0.2) is 4.98 Å². The fourth-order valence-corrected chi connectivity index (χ4v) is 4.13. The molecule has 0 radical (unpaired) electrons. The molecule has 3 aliphatic rings. The Kier molecular flexibility index (Phi) is 4.83. The molecule has 1 amide bonds. The molecule has 3 fully saturated rings. The normalized spacial score (nSPS) is 22.3. The molecule has 31 heavy (non-hydrogen) atoms. The van der Waals surface area contributed by atoms with Gasteiger partial charge in [-0.05, 0) is 55.5 Å². The molecule has 5 nitrogen and oxygen atoms in total. The van der Waals surface area contributed by atoms with Crippen molar-refractivity contribution in [3.05, 3.63) is 53.7 Å². The van der Waals surface area contributed by atoms with Crippen molar-refractivity contribution >= 4 is 11.7 Å². The fraction of sp³-hybridized carbons (Fsp3) is 0.478. The zero-order chi connectivity index (χ0) is 21.6. The summed E-state index contributed by atoms with van der Waals surface area (Å²) in [6.07, 6.45) is 0.0183. The van der Waals surface area contributed by atoms with E-state index in [-0.39, 0.29) is 23.5 Å². The van der Waals surface area contributed by atoms with Gasteiger partial charge in [-0.15, -0.1) is 0 Å². The number of nitrogens with zero attached hydrogens (tertiary/aromatic N) is 2. The summed E-state index contributed by atoms with van der Waals surface area (Å²) in [5.41, 5.74) is -0.0137. The largest absolute Gasteiger partial charge is 0.489 e. The number of hydrogen-bond donors (Lipinski definition) is 1. The van der Waals surface area contributed by atoms with Crippen molar-refractivity contribution in [1.29, 1.82) is 0 Å². The van der Waals surface area contributed by atoms with Gasteiger partial charge < -0.3 is 15.0 Å². The summed E-state index contributed by atoms with van der Waals surface area (Å²) in [4.78, 5) is 17.7. The van der Waals surface area contributed by atoms with Crippen LogP contribution in [0.3, 0.4) is 0 Å². The van der Waals surface area contributed by atoms with Crippen LogP contribution in [0.1, 0.15) is 43.4 Å². The summed E-state index contributed by atoms with van der Waals surface area (Å²) in [6, 6.07) is 11.8. The van der Waals surface area contributed by atoms with Crippen LogP contribution < -0.4 is 15.0 Å². The van der Waals surface area contributed by atoms with Crippen molar-refractivity contribution in [3.8, 4) is 5.75 Å². The molecular formula is C23H24F3N3O2. The summed E-state index contributed by atoms with van der Waals surface area (Å²) in [7, 11) is 0. The number of benzene rings is 1. The maximum Gasteiger partial charge on any atom is 0.433 e. The summed E-state index contributed by atoms with van der Waals surface area (Å²) in [5, 5.41) is 3.20. The van der Waals surface area contributed by atoms with Crippen LogP contribution in [0.4, 0.5) is 19.0 Å². The highest BCUT2D eigenvalue weighted by molar-refractivity contribution is 5.82. The third-order valence-corrected chi connectivity index (χ3v) is 6.26. The van der Waals surface area contributed by atoms with Crippen LogP contribution in [0, 0.1) is 5.92 Å². The minimum atomic E-state index is -4.45. The third-order valence-electron chi connectivity index (χ3n) is 6.26. The zero-order valence-electron chi connectivity index (χ0n) is 17.0. The Hall–Kier alpha value is -2.77.